The molecule has 1 saturated carbocycles. The molecule has 1 aliphatic carbocycles. The van der Waals surface area contributed by atoms with Gasteiger partial charge in [0, 0.05) is 52.4 Å². The fraction of sp³-hybridized carbons (Fsp3) is 0.950. The van der Waals surface area contributed by atoms with E-state index in [1.54, 1.807) is 0 Å². The summed E-state index contributed by atoms with van der Waals surface area (Å²) in [5, 5.41) is 7.04. The third-order valence-electron chi connectivity index (χ3n) is 6.16. The van der Waals surface area contributed by atoms with Crippen molar-refractivity contribution in [1.82, 2.24) is 20.4 Å². The van der Waals surface area contributed by atoms with Crippen LogP contribution in [0.5, 0.6) is 0 Å². The standard InChI is InChI=1S/C20H41N5/c1-5-24-11-13-25(14-12-24)18(3)16-23-20(21-4)22-10-9-19-8-6-7-17(2)15-19/h17-19H,5-16H2,1-4H3,(H2,21,22,23). The van der Waals surface area contributed by atoms with Gasteiger partial charge in [-0.3, -0.25) is 9.89 Å². The minimum absolute atomic E-state index is 0.553. The van der Waals surface area contributed by atoms with Crippen LogP contribution >= 0.6 is 0 Å². The molecular weight excluding hydrogens is 310 g/mol. The Bertz CT molecular complexity index is 390. The van der Waals surface area contributed by atoms with Crippen molar-refractivity contribution in [2.45, 2.75) is 58.9 Å². The minimum atomic E-state index is 0.553. The Morgan fingerprint density at radius 1 is 1.16 bits per heavy atom. The highest BCUT2D eigenvalue weighted by atomic mass is 15.3. The number of hydrogen-bond acceptors (Lipinski definition) is 3. The van der Waals surface area contributed by atoms with Crippen LogP contribution in [0, 0.1) is 11.8 Å². The van der Waals surface area contributed by atoms with Gasteiger partial charge in [0.25, 0.3) is 0 Å². The average Bonchev–Trinajstić information content (AvgIpc) is 2.64. The summed E-state index contributed by atoms with van der Waals surface area (Å²) in [5.41, 5.74) is 0. The van der Waals surface area contributed by atoms with E-state index in [0.717, 1.165) is 30.9 Å². The highest BCUT2D eigenvalue weighted by Gasteiger charge is 2.20. The lowest BCUT2D eigenvalue weighted by Crippen LogP contribution is -2.53. The van der Waals surface area contributed by atoms with E-state index >= 15 is 0 Å². The summed E-state index contributed by atoms with van der Waals surface area (Å²) in [6, 6.07) is 0.553. The molecule has 3 atom stereocenters. The summed E-state index contributed by atoms with van der Waals surface area (Å²) < 4.78 is 0. The lowest BCUT2D eigenvalue weighted by Gasteiger charge is -2.37. The van der Waals surface area contributed by atoms with Gasteiger partial charge in [-0.05, 0) is 38.1 Å². The normalized spacial score (nSPS) is 27.9. The summed E-state index contributed by atoms with van der Waals surface area (Å²) in [7, 11) is 1.88. The van der Waals surface area contributed by atoms with Crippen molar-refractivity contribution in [3.63, 3.8) is 0 Å². The molecule has 0 aromatic heterocycles. The molecule has 3 unspecified atom stereocenters. The van der Waals surface area contributed by atoms with E-state index in [1.807, 2.05) is 7.05 Å². The predicted octanol–water partition coefficient (Wildman–Crippen LogP) is 2.39. The van der Waals surface area contributed by atoms with Crippen molar-refractivity contribution in [2.75, 3.05) is 52.9 Å². The first-order chi connectivity index (χ1) is 12.1. The first-order valence-corrected chi connectivity index (χ1v) is 10.5. The molecule has 1 heterocycles. The molecule has 5 nitrogen and oxygen atoms in total. The fourth-order valence-electron chi connectivity index (χ4n) is 4.33. The molecule has 25 heavy (non-hydrogen) atoms. The number of nitrogens with one attached hydrogen (secondary N) is 2. The molecule has 146 valence electrons. The van der Waals surface area contributed by atoms with Gasteiger partial charge in [-0.15, -0.1) is 0 Å². The Morgan fingerprint density at radius 2 is 1.92 bits per heavy atom. The zero-order valence-corrected chi connectivity index (χ0v) is 17.1. The highest BCUT2D eigenvalue weighted by Crippen LogP contribution is 2.30. The summed E-state index contributed by atoms with van der Waals surface area (Å²) in [4.78, 5) is 9.52. The number of nitrogens with zero attached hydrogens (tertiary/aromatic N) is 3. The molecule has 0 aromatic rings. The Labute approximate surface area is 155 Å². The topological polar surface area (TPSA) is 42.9 Å². The zero-order valence-electron chi connectivity index (χ0n) is 17.1. The molecule has 0 spiro atoms. The smallest absolute Gasteiger partial charge is 0.191 e. The first-order valence-electron chi connectivity index (χ1n) is 10.5. The molecule has 0 bridgehead atoms. The predicted molar refractivity (Wildman–Crippen MR) is 108 cm³/mol. The maximum Gasteiger partial charge on any atom is 0.191 e. The summed E-state index contributed by atoms with van der Waals surface area (Å²) in [5.74, 6) is 2.79. The second-order valence-electron chi connectivity index (χ2n) is 8.13. The Balaban J connectivity index is 1.61. The van der Waals surface area contributed by atoms with E-state index < -0.39 is 0 Å². The summed E-state index contributed by atoms with van der Waals surface area (Å²) in [6.07, 6.45) is 6.95. The Kier molecular flexibility index (Phi) is 9.04. The van der Waals surface area contributed by atoms with Crippen LogP contribution in [0.2, 0.25) is 0 Å². The third kappa shape index (κ3) is 7.14. The molecule has 2 rings (SSSR count). The highest BCUT2D eigenvalue weighted by molar-refractivity contribution is 5.79. The maximum absolute atomic E-state index is 4.40. The van der Waals surface area contributed by atoms with Gasteiger partial charge in [0.2, 0.25) is 0 Å². The zero-order chi connectivity index (χ0) is 18.1. The van der Waals surface area contributed by atoms with Gasteiger partial charge in [-0.2, -0.15) is 0 Å². The molecule has 0 amide bonds. The van der Waals surface area contributed by atoms with E-state index in [4.69, 9.17) is 0 Å². The Morgan fingerprint density at radius 3 is 2.56 bits per heavy atom. The number of aliphatic imine (C=N–C) groups is 1. The third-order valence-corrected chi connectivity index (χ3v) is 6.16. The van der Waals surface area contributed by atoms with E-state index in [-0.39, 0.29) is 0 Å². The van der Waals surface area contributed by atoms with Crippen molar-refractivity contribution in [3.05, 3.63) is 0 Å². The molecule has 2 N–H and O–H groups in total. The summed E-state index contributed by atoms with van der Waals surface area (Å²) in [6.45, 7) is 14.9. The number of guanidine groups is 1. The van der Waals surface area contributed by atoms with Crippen LogP contribution in [-0.2, 0) is 0 Å². The van der Waals surface area contributed by atoms with Gasteiger partial charge < -0.3 is 15.5 Å². The number of likely N-dealkylation sites (N-methyl/N-ethyl adjacent to an activating group) is 1. The second kappa shape index (κ2) is 11.0. The van der Waals surface area contributed by atoms with Crippen molar-refractivity contribution in [1.29, 1.82) is 0 Å². The van der Waals surface area contributed by atoms with Gasteiger partial charge in [-0.25, -0.2) is 0 Å². The quantitative estimate of drug-likeness (QED) is 0.546. The largest absolute Gasteiger partial charge is 0.356 e. The van der Waals surface area contributed by atoms with E-state index in [2.05, 4.69) is 46.2 Å². The van der Waals surface area contributed by atoms with E-state index in [0.29, 0.717) is 6.04 Å². The van der Waals surface area contributed by atoms with Gasteiger partial charge in [0.15, 0.2) is 5.96 Å². The van der Waals surface area contributed by atoms with Crippen LogP contribution in [0.15, 0.2) is 4.99 Å². The molecule has 1 saturated heterocycles. The summed E-state index contributed by atoms with van der Waals surface area (Å²) >= 11 is 0. The van der Waals surface area contributed by atoms with Crippen molar-refractivity contribution in [3.8, 4) is 0 Å². The SMILES string of the molecule is CCN1CCN(C(C)CNC(=NC)NCCC2CCCC(C)C2)CC1. The molecular formula is C20H41N5. The van der Waals surface area contributed by atoms with Gasteiger partial charge in [0.05, 0.1) is 0 Å². The molecule has 2 aliphatic rings. The fourth-order valence-corrected chi connectivity index (χ4v) is 4.33. The number of hydrogen-bond donors (Lipinski definition) is 2. The van der Waals surface area contributed by atoms with E-state index in [9.17, 15) is 0 Å². The van der Waals surface area contributed by atoms with Crippen molar-refractivity contribution >= 4 is 5.96 Å². The second-order valence-corrected chi connectivity index (χ2v) is 8.13. The van der Waals surface area contributed by atoms with Crippen LogP contribution < -0.4 is 10.6 Å². The van der Waals surface area contributed by atoms with Crippen molar-refractivity contribution in [2.24, 2.45) is 16.8 Å². The van der Waals surface area contributed by atoms with Crippen LogP contribution in [0.25, 0.3) is 0 Å². The number of piperazine rings is 1. The molecule has 0 radical (unpaired) electrons. The average molecular weight is 352 g/mol. The first kappa shape index (κ1) is 20.5. The molecule has 5 heteroatoms. The lowest BCUT2D eigenvalue weighted by molar-refractivity contribution is 0.107. The van der Waals surface area contributed by atoms with Gasteiger partial charge >= 0.3 is 0 Å². The lowest BCUT2D eigenvalue weighted by atomic mass is 9.81. The van der Waals surface area contributed by atoms with Gasteiger partial charge in [0.1, 0.15) is 0 Å². The molecule has 2 fully saturated rings. The number of rotatable bonds is 7. The van der Waals surface area contributed by atoms with Gasteiger partial charge in [-0.1, -0.05) is 33.1 Å². The molecule has 0 aromatic carbocycles. The monoisotopic (exact) mass is 351 g/mol. The maximum atomic E-state index is 4.40. The van der Waals surface area contributed by atoms with Crippen LogP contribution in [0.4, 0.5) is 0 Å². The Hall–Kier alpha value is -0.810. The minimum Gasteiger partial charge on any atom is -0.356 e. The van der Waals surface area contributed by atoms with Crippen molar-refractivity contribution < 1.29 is 0 Å². The van der Waals surface area contributed by atoms with Crippen LogP contribution in [0.3, 0.4) is 0 Å². The van der Waals surface area contributed by atoms with Crippen LogP contribution in [-0.4, -0.2) is 74.7 Å². The van der Waals surface area contributed by atoms with Crippen LogP contribution in [0.1, 0.15) is 52.9 Å². The van der Waals surface area contributed by atoms with E-state index in [1.165, 1.54) is 64.8 Å². The molecule has 1 aliphatic heterocycles.